The van der Waals surface area contributed by atoms with E-state index in [1.165, 1.54) is 45.6 Å². The van der Waals surface area contributed by atoms with Gasteiger partial charge in [0.15, 0.2) is 0 Å². The van der Waals surface area contributed by atoms with Gasteiger partial charge >= 0.3 is 0 Å². The van der Waals surface area contributed by atoms with E-state index in [-0.39, 0.29) is 0 Å². The molecule has 2 aliphatic rings. The molecule has 2 aliphatic heterocycles. The lowest BCUT2D eigenvalue weighted by atomic mass is 9.85. The van der Waals surface area contributed by atoms with E-state index >= 15 is 0 Å². The van der Waals surface area contributed by atoms with E-state index in [1.54, 1.807) is 0 Å². The van der Waals surface area contributed by atoms with Crippen LogP contribution in [0.15, 0.2) is 0 Å². The first-order valence-corrected chi connectivity index (χ1v) is 6.98. The van der Waals surface area contributed by atoms with Crippen LogP contribution >= 0.6 is 0 Å². The number of piperazine rings is 1. The predicted octanol–water partition coefficient (Wildman–Crippen LogP) is 0.235. The van der Waals surface area contributed by atoms with E-state index in [4.69, 9.17) is 10.5 Å². The number of rotatable bonds is 4. The second-order valence-electron chi connectivity index (χ2n) is 5.55. The summed E-state index contributed by atoms with van der Waals surface area (Å²) in [6.45, 7) is 8.70. The Morgan fingerprint density at radius 2 is 1.82 bits per heavy atom. The lowest BCUT2D eigenvalue weighted by Crippen LogP contribution is -2.48. The smallest absolute Gasteiger partial charge is 0.0468 e. The number of hydrogen-bond donors (Lipinski definition) is 1. The zero-order valence-electron chi connectivity index (χ0n) is 11.1. The third kappa shape index (κ3) is 3.91. The average Bonchev–Trinajstić information content (AvgIpc) is 2.39. The van der Waals surface area contributed by atoms with Gasteiger partial charge in [0.25, 0.3) is 0 Å². The number of hydrogen-bond acceptors (Lipinski definition) is 4. The van der Waals surface area contributed by atoms with Crippen LogP contribution in [0.5, 0.6) is 0 Å². The van der Waals surface area contributed by atoms with E-state index in [1.807, 2.05) is 0 Å². The molecule has 1 unspecified atom stereocenters. The quantitative estimate of drug-likeness (QED) is 0.765. The molecule has 4 nitrogen and oxygen atoms in total. The summed E-state index contributed by atoms with van der Waals surface area (Å²) in [5.74, 6) is 1.45. The standard InChI is InChI=1S/C13H27N3O/c1-15-4-6-16(7-5-15)11-13(10-14)12-2-8-17-9-3-12/h12-13H,2-11,14H2,1H3. The molecule has 0 aromatic rings. The van der Waals surface area contributed by atoms with E-state index < -0.39 is 0 Å². The van der Waals surface area contributed by atoms with Crippen molar-refractivity contribution in [2.75, 3.05) is 59.5 Å². The van der Waals surface area contributed by atoms with Crippen molar-refractivity contribution in [1.29, 1.82) is 0 Å². The summed E-state index contributed by atoms with van der Waals surface area (Å²) >= 11 is 0. The van der Waals surface area contributed by atoms with Crippen LogP contribution in [0.1, 0.15) is 12.8 Å². The molecule has 0 aromatic carbocycles. The molecule has 2 heterocycles. The number of nitrogens with two attached hydrogens (primary N) is 1. The van der Waals surface area contributed by atoms with Crippen molar-refractivity contribution in [2.45, 2.75) is 12.8 Å². The van der Waals surface area contributed by atoms with E-state index in [0.29, 0.717) is 5.92 Å². The molecular weight excluding hydrogens is 214 g/mol. The summed E-state index contributed by atoms with van der Waals surface area (Å²) in [4.78, 5) is 5.00. The van der Waals surface area contributed by atoms with Crippen molar-refractivity contribution < 1.29 is 4.74 Å². The number of likely N-dealkylation sites (N-methyl/N-ethyl adjacent to an activating group) is 1. The minimum atomic E-state index is 0.669. The molecule has 0 amide bonds. The fourth-order valence-electron chi connectivity index (χ4n) is 2.97. The van der Waals surface area contributed by atoms with Gasteiger partial charge in [-0.15, -0.1) is 0 Å². The molecule has 4 heteroatoms. The van der Waals surface area contributed by atoms with Crippen LogP contribution in [-0.4, -0.2) is 69.3 Å². The van der Waals surface area contributed by atoms with Crippen LogP contribution in [-0.2, 0) is 4.74 Å². The van der Waals surface area contributed by atoms with E-state index in [9.17, 15) is 0 Å². The van der Waals surface area contributed by atoms with Gasteiger partial charge in [-0.25, -0.2) is 0 Å². The normalized spacial score (nSPS) is 27.2. The highest BCUT2D eigenvalue weighted by molar-refractivity contribution is 4.79. The summed E-state index contributed by atoms with van der Waals surface area (Å²) in [6, 6.07) is 0. The third-order valence-electron chi connectivity index (χ3n) is 4.32. The van der Waals surface area contributed by atoms with Crippen molar-refractivity contribution in [3.8, 4) is 0 Å². The molecule has 0 saturated carbocycles. The van der Waals surface area contributed by atoms with Gasteiger partial charge < -0.3 is 20.3 Å². The van der Waals surface area contributed by atoms with Gasteiger partial charge in [-0.05, 0) is 38.3 Å². The van der Waals surface area contributed by atoms with E-state index in [2.05, 4.69) is 16.8 Å². The zero-order chi connectivity index (χ0) is 12.1. The molecule has 2 N–H and O–H groups in total. The molecule has 2 rings (SSSR count). The Labute approximate surface area is 105 Å². The first-order valence-electron chi connectivity index (χ1n) is 6.98. The molecule has 0 spiro atoms. The molecule has 2 fully saturated rings. The lowest BCUT2D eigenvalue weighted by molar-refractivity contribution is 0.0353. The van der Waals surface area contributed by atoms with Crippen LogP contribution < -0.4 is 5.73 Å². The maximum absolute atomic E-state index is 5.97. The second-order valence-corrected chi connectivity index (χ2v) is 5.55. The SMILES string of the molecule is CN1CCN(CC(CN)C2CCOCC2)CC1. The van der Waals surface area contributed by atoms with Crippen molar-refractivity contribution in [2.24, 2.45) is 17.6 Å². The highest BCUT2D eigenvalue weighted by Gasteiger charge is 2.25. The van der Waals surface area contributed by atoms with Crippen LogP contribution in [0.3, 0.4) is 0 Å². The molecule has 100 valence electrons. The van der Waals surface area contributed by atoms with Gasteiger partial charge in [0.2, 0.25) is 0 Å². The van der Waals surface area contributed by atoms with Gasteiger partial charge in [0, 0.05) is 45.9 Å². The molecule has 0 bridgehead atoms. The fraction of sp³-hybridized carbons (Fsp3) is 1.00. The van der Waals surface area contributed by atoms with Crippen LogP contribution in [0.4, 0.5) is 0 Å². The van der Waals surface area contributed by atoms with Gasteiger partial charge in [0.1, 0.15) is 0 Å². The Morgan fingerprint density at radius 1 is 1.18 bits per heavy atom. The zero-order valence-corrected chi connectivity index (χ0v) is 11.1. The third-order valence-corrected chi connectivity index (χ3v) is 4.32. The summed E-state index contributed by atoms with van der Waals surface area (Å²) in [5.41, 5.74) is 5.97. The summed E-state index contributed by atoms with van der Waals surface area (Å²) < 4.78 is 5.44. The van der Waals surface area contributed by atoms with Crippen molar-refractivity contribution >= 4 is 0 Å². The van der Waals surface area contributed by atoms with Gasteiger partial charge in [-0.2, -0.15) is 0 Å². The van der Waals surface area contributed by atoms with Crippen LogP contribution in [0.2, 0.25) is 0 Å². The van der Waals surface area contributed by atoms with Crippen LogP contribution in [0, 0.1) is 11.8 Å². The Morgan fingerprint density at radius 3 is 2.41 bits per heavy atom. The highest BCUT2D eigenvalue weighted by Crippen LogP contribution is 2.24. The summed E-state index contributed by atoms with van der Waals surface area (Å²) in [6.07, 6.45) is 2.41. The Balaban J connectivity index is 1.78. The molecule has 2 saturated heterocycles. The topological polar surface area (TPSA) is 41.7 Å². The minimum absolute atomic E-state index is 0.669. The van der Waals surface area contributed by atoms with Gasteiger partial charge in [0.05, 0.1) is 0 Å². The summed E-state index contributed by atoms with van der Waals surface area (Å²) in [5, 5.41) is 0. The maximum atomic E-state index is 5.97. The van der Waals surface area contributed by atoms with Gasteiger partial charge in [-0.3, -0.25) is 0 Å². The molecule has 0 radical (unpaired) electrons. The number of nitrogens with zero attached hydrogens (tertiary/aromatic N) is 2. The predicted molar refractivity (Wildman–Crippen MR) is 70.0 cm³/mol. The van der Waals surface area contributed by atoms with Crippen LogP contribution in [0.25, 0.3) is 0 Å². The first-order chi connectivity index (χ1) is 8.29. The largest absolute Gasteiger partial charge is 0.381 e. The minimum Gasteiger partial charge on any atom is -0.381 e. The highest BCUT2D eigenvalue weighted by atomic mass is 16.5. The van der Waals surface area contributed by atoms with Crippen molar-refractivity contribution in [3.63, 3.8) is 0 Å². The Bertz CT molecular complexity index is 211. The molecule has 0 aromatic heterocycles. The second kappa shape index (κ2) is 6.69. The first kappa shape index (κ1) is 13.3. The van der Waals surface area contributed by atoms with Gasteiger partial charge in [-0.1, -0.05) is 0 Å². The number of ether oxygens (including phenoxy) is 1. The Hall–Kier alpha value is -0.160. The maximum Gasteiger partial charge on any atom is 0.0468 e. The monoisotopic (exact) mass is 241 g/mol. The van der Waals surface area contributed by atoms with E-state index in [0.717, 1.165) is 25.7 Å². The molecule has 17 heavy (non-hydrogen) atoms. The van der Waals surface area contributed by atoms with Crippen molar-refractivity contribution in [1.82, 2.24) is 9.80 Å². The van der Waals surface area contributed by atoms with Crippen molar-refractivity contribution in [3.05, 3.63) is 0 Å². The Kier molecular flexibility index (Phi) is 5.22. The molecule has 1 atom stereocenters. The molecule has 0 aliphatic carbocycles. The average molecular weight is 241 g/mol. The lowest BCUT2D eigenvalue weighted by Gasteiger charge is -2.37. The fourth-order valence-corrected chi connectivity index (χ4v) is 2.97. The molecular formula is C13H27N3O. The summed E-state index contributed by atoms with van der Waals surface area (Å²) in [7, 11) is 2.20.